The Morgan fingerprint density at radius 2 is 1.92 bits per heavy atom. The van der Waals surface area contributed by atoms with Crippen LogP contribution in [0.5, 0.6) is 5.75 Å². The standard InChI is InChI=1S/C8H4F3NO/c1-13-8-6(10)4(3-12)2-5(9)7(8)11/h2H,1H3. The van der Waals surface area contributed by atoms with E-state index in [4.69, 9.17) is 5.26 Å². The molecule has 0 radical (unpaired) electrons. The fourth-order valence-corrected chi connectivity index (χ4v) is 0.841. The van der Waals surface area contributed by atoms with Crippen molar-refractivity contribution >= 4 is 0 Å². The van der Waals surface area contributed by atoms with Gasteiger partial charge in [-0.15, -0.1) is 0 Å². The number of rotatable bonds is 1. The van der Waals surface area contributed by atoms with Gasteiger partial charge in [0, 0.05) is 0 Å². The highest BCUT2D eigenvalue weighted by atomic mass is 19.2. The summed E-state index contributed by atoms with van der Waals surface area (Å²) >= 11 is 0. The van der Waals surface area contributed by atoms with Crippen LogP contribution in [0.25, 0.3) is 0 Å². The quantitative estimate of drug-likeness (QED) is 0.630. The molecular formula is C8H4F3NO. The van der Waals surface area contributed by atoms with Gasteiger partial charge in [0.2, 0.25) is 5.82 Å². The first-order chi connectivity index (χ1) is 6.11. The number of benzene rings is 1. The molecule has 0 saturated heterocycles. The molecule has 2 nitrogen and oxygen atoms in total. The summed E-state index contributed by atoms with van der Waals surface area (Å²) in [5.74, 6) is -4.81. The van der Waals surface area contributed by atoms with Gasteiger partial charge in [0.1, 0.15) is 6.07 Å². The predicted molar refractivity (Wildman–Crippen MR) is 37.6 cm³/mol. The lowest BCUT2D eigenvalue weighted by atomic mass is 10.2. The summed E-state index contributed by atoms with van der Waals surface area (Å²) in [4.78, 5) is 0. The van der Waals surface area contributed by atoms with Crippen molar-refractivity contribution in [2.24, 2.45) is 0 Å². The zero-order chi connectivity index (χ0) is 10.0. The first-order valence-electron chi connectivity index (χ1n) is 3.23. The van der Waals surface area contributed by atoms with Crippen LogP contribution in [0, 0.1) is 28.8 Å². The summed E-state index contributed by atoms with van der Waals surface area (Å²) in [7, 11) is 0.988. The Morgan fingerprint density at radius 3 is 2.38 bits per heavy atom. The summed E-state index contributed by atoms with van der Waals surface area (Å²) in [6, 6.07) is 1.86. The molecule has 0 aromatic heterocycles. The fraction of sp³-hybridized carbons (Fsp3) is 0.125. The van der Waals surface area contributed by atoms with Crippen LogP contribution in [0.4, 0.5) is 13.2 Å². The van der Waals surface area contributed by atoms with Crippen molar-refractivity contribution in [3.05, 3.63) is 29.1 Å². The lowest BCUT2D eigenvalue weighted by molar-refractivity contribution is 0.346. The number of nitrogens with zero attached hydrogens (tertiary/aromatic N) is 1. The molecule has 13 heavy (non-hydrogen) atoms. The van der Waals surface area contributed by atoms with E-state index in [9.17, 15) is 13.2 Å². The van der Waals surface area contributed by atoms with Gasteiger partial charge in [-0.2, -0.15) is 9.65 Å². The molecule has 0 unspecified atom stereocenters. The highest BCUT2D eigenvalue weighted by Crippen LogP contribution is 2.26. The molecular weight excluding hydrogens is 183 g/mol. The van der Waals surface area contributed by atoms with Gasteiger partial charge in [-0.25, -0.2) is 8.78 Å². The van der Waals surface area contributed by atoms with E-state index in [1.54, 1.807) is 0 Å². The molecule has 0 saturated carbocycles. The Morgan fingerprint density at radius 1 is 1.31 bits per heavy atom. The largest absolute Gasteiger partial charge is 0.491 e. The summed E-state index contributed by atoms with van der Waals surface area (Å²) < 4.78 is 42.6. The van der Waals surface area contributed by atoms with Crippen LogP contribution >= 0.6 is 0 Å². The summed E-state index contributed by atoms with van der Waals surface area (Å²) in [5, 5.41) is 8.32. The molecule has 5 heteroatoms. The monoisotopic (exact) mass is 187 g/mol. The van der Waals surface area contributed by atoms with Gasteiger partial charge in [-0.05, 0) is 6.07 Å². The van der Waals surface area contributed by atoms with Crippen LogP contribution in [-0.2, 0) is 0 Å². The number of hydrogen-bond acceptors (Lipinski definition) is 2. The molecule has 0 fully saturated rings. The highest BCUT2D eigenvalue weighted by Gasteiger charge is 2.18. The second kappa shape index (κ2) is 3.35. The summed E-state index contributed by atoms with van der Waals surface area (Å²) in [6.07, 6.45) is 0. The third-order valence-electron chi connectivity index (χ3n) is 1.44. The number of methoxy groups -OCH3 is 1. The SMILES string of the molecule is COc1c(F)c(F)cc(C#N)c1F. The van der Waals surface area contributed by atoms with Gasteiger partial charge in [-0.3, -0.25) is 0 Å². The minimum absolute atomic E-state index is 0.479. The third-order valence-corrected chi connectivity index (χ3v) is 1.44. The number of halogens is 3. The van der Waals surface area contributed by atoms with Gasteiger partial charge in [0.25, 0.3) is 0 Å². The lowest BCUT2D eigenvalue weighted by Gasteiger charge is -2.04. The second-order valence-electron chi connectivity index (χ2n) is 2.18. The zero-order valence-corrected chi connectivity index (χ0v) is 6.57. The molecule has 0 spiro atoms. The Bertz CT molecular complexity index is 384. The maximum atomic E-state index is 13.0. The molecule has 0 bridgehead atoms. The topological polar surface area (TPSA) is 33.0 Å². The second-order valence-corrected chi connectivity index (χ2v) is 2.18. The van der Waals surface area contributed by atoms with Gasteiger partial charge >= 0.3 is 0 Å². The molecule has 1 aromatic rings. The molecule has 1 aromatic carbocycles. The van der Waals surface area contributed by atoms with Crippen LogP contribution in [0.1, 0.15) is 5.56 Å². The minimum Gasteiger partial charge on any atom is -0.491 e. The van der Waals surface area contributed by atoms with Crippen LogP contribution < -0.4 is 4.74 Å². The maximum absolute atomic E-state index is 13.0. The van der Waals surface area contributed by atoms with Gasteiger partial charge < -0.3 is 4.74 Å². The van der Waals surface area contributed by atoms with E-state index in [1.807, 2.05) is 0 Å². The average Bonchev–Trinajstić information content (AvgIpc) is 2.12. The van der Waals surface area contributed by atoms with E-state index < -0.39 is 28.8 Å². The van der Waals surface area contributed by atoms with Crippen molar-refractivity contribution in [1.82, 2.24) is 0 Å². The highest BCUT2D eigenvalue weighted by molar-refractivity contribution is 5.40. The van der Waals surface area contributed by atoms with Crippen molar-refractivity contribution in [3.63, 3.8) is 0 Å². The van der Waals surface area contributed by atoms with Crippen molar-refractivity contribution in [2.75, 3.05) is 7.11 Å². The van der Waals surface area contributed by atoms with Crippen LogP contribution in [0.3, 0.4) is 0 Å². The number of nitriles is 1. The zero-order valence-electron chi connectivity index (χ0n) is 6.57. The first kappa shape index (κ1) is 9.39. The van der Waals surface area contributed by atoms with Gasteiger partial charge in [-0.1, -0.05) is 0 Å². The molecule has 0 N–H and O–H groups in total. The van der Waals surface area contributed by atoms with E-state index in [0.717, 1.165) is 7.11 Å². The average molecular weight is 187 g/mol. The first-order valence-corrected chi connectivity index (χ1v) is 3.23. The fourth-order valence-electron chi connectivity index (χ4n) is 0.841. The van der Waals surface area contributed by atoms with E-state index in [2.05, 4.69) is 4.74 Å². The summed E-state index contributed by atoms with van der Waals surface area (Å²) in [5.41, 5.74) is -0.587. The van der Waals surface area contributed by atoms with Crippen molar-refractivity contribution < 1.29 is 17.9 Å². The smallest absolute Gasteiger partial charge is 0.203 e. The van der Waals surface area contributed by atoms with Crippen LogP contribution in [-0.4, -0.2) is 7.11 Å². The summed E-state index contributed by atoms with van der Waals surface area (Å²) in [6.45, 7) is 0. The van der Waals surface area contributed by atoms with Gasteiger partial charge in [0.05, 0.1) is 12.7 Å². The Hall–Kier alpha value is -1.70. The molecule has 0 amide bonds. The Labute approximate surface area is 72.2 Å². The van der Waals surface area contributed by atoms with Crippen molar-refractivity contribution in [2.45, 2.75) is 0 Å². The molecule has 0 aliphatic heterocycles. The third kappa shape index (κ3) is 1.43. The van der Waals surface area contributed by atoms with Gasteiger partial charge in [0.15, 0.2) is 17.4 Å². The lowest BCUT2D eigenvalue weighted by Crippen LogP contribution is -1.98. The Kier molecular flexibility index (Phi) is 2.42. The molecule has 0 atom stereocenters. The number of ether oxygens (including phenoxy) is 1. The molecule has 0 aliphatic carbocycles. The van der Waals surface area contributed by atoms with E-state index in [-0.39, 0.29) is 0 Å². The van der Waals surface area contributed by atoms with E-state index >= 15 is 0 Å². The van der Waals surface area contributed by atoms with Crippen LogP contribution in [0.2, 0.25) is 0 Å². The van der Waals surface area contributed by atoms with E-state index in [1.165, 1.54) is 6.07 Å². The number of hydrogen-bond donors (Lipinski definition) is 0. The van der Waals surface area contributed by atoms with E-state index in [0.29, 0.717) is 6.07 Å². The van der Waals surface area contributed by atoms with Crippen molar-refractivity contribution in [3.8, 4) is 11.8 Å². The maximum Gasteiger partial charge on any atom is 0.203 e. The van der Waals surface area contributed by atoms with Crippen LogP contribution in [0.15, 0.2) is 6.07 Å². The minimum atomic E-state index is -1.43. The molecule has 0 aliphatic rings. The predicted octanol–water partition coefficient (Wildman–Crippen LogP) is 1.98. The molecule has 0 heterocycles. The molecule has 1 rings (SSSR count). The van der Waals surface area contributed by atoms with Crippen molar-refractivity contribution in [1.29, 1.82) is 5.26 Å². The Balaban J connectivity index is 3.50. The molecule has 68 valence electrons. The normalized spacial score (nSPS) is 9.46.